The number of hydrogen-bond acceptors (Lipinski definition) is 5. The number of rotatable bonds is 4. The molecule has 0 saturated heterocycles. The molecule has 2 aromatic carbocycles. The molecule has 0 aliphatic rings. The molecular weight excluding hydrogens is 286 g/mol. The predicted molar refractivity (Wildman–Crippen MR) is 80.9 cm³/mol. The number of nitrogens with zero attached hydrogens (tertiary/aromatic N) is 2. The molecule has 0 heterocycles. The summed E-state index contributed by atoms with van der Waals surface area (Å²) < 4.78 is 0. The third kappa shape index (κ3) is 3.45. The van der Waals surface area contributed by atoms with Gasteiger partial charge in [0.15, 0.2) is 0 Å². The number of phenols is 1. The minimum Gasteiger partial charge on any atom is -0.507 e. The Morgan fingerprint density at radius 3 is 2.64 bits per heavy atom. The van der Waals surface area contributed by atoms with E-state index in [4.69, 9.17) is 0 Å². The number of para-hydroxylation sites is 1. The van der Waals surface area contributed by atoms with Crippen LogP contribution in [0.5, 0.6) is 5.75 Å². The lowest BCUT2D eigenvalue weighted by Gasteiger charge is -2.04. The lowest BCUT2D eigenvalue weighted by molar-refractivity contribution is -0.384. The summed E-state index contributed by atoms with van der Waals surface area (Å²) in [6.07, 6.45) is 0. The number of carbonyl (C=O) groups excluding carboxylic acids is 1. The normalized spacial score (nSPS) is 11.0. The number of hydrogen-bond donors (Lipinski definition) is 2. The number of benzene rings is 2. The van der Waals surface area contributed by atoms with Crippen molar-refractivity contribution in [3.8, 4) is 5.75 Å². The summed E-state index contributed by atoms with van der Waals surface area (Å²) >= 11 is 0. The van der Waals surface area contributed by atoms with Crippen molar-refractivity contribution in [3.63, 3.8) is 0 Å². The number of amides is 1. The quantitative estimate of drug-likeness (QED) is 0.514. The van der Waals surface area contributed by atoms with E-state index in [2.05, 4.69) is 10.5 Å². The van der Waals surface area contributed by atoms with Gasteiger partial charge in [0, 0.05) is 17.7 Å². The summed E-state index contributed by atoms with van der Waals surface area (Å²) in [5.41, 5.74) is 3.27. The van der Waals surface area contributed by atoms with Gasteiger partial charge in [-0.3, -0.25) is 14.9 Å². The van der Waals surface area contributed by atoms with Gasteiger partial charge in [-0.15, -0.1) is 0 Å². The lowest BCUT2D eigenvalue weighted by Crippen LogP contribution is -2.19. The lowest BCUT2D eigenvalue weighted by atomic mass is 10.1. The zero-order valence-corrected chi connectivity index (χ0v) is 11.7. The Morgan fingerprint density at radius 2 is 1.95 bits per heavy atom. The molecule has 0 unspecified atom stereocenters. The molecule has 2 rings (SSSR count). The van der Waals surface area contributed by atoms with E-state index in [0.29, 0.717) is 11.3 Å². The summed E-state index contributed by atoms with van der Waals surface area (Å²) in [4.78, 5) is 22.1. The first-order chi connectivity index (χ1) is 10.5. The largest absolute Gasteiger partial charge is 0.507 e. The van der Waals surface area contributed by atoms with E-state index in [9.17, 15) is 20.0 Å². The zero-order chi connectivity index (χ0) is 16.1. The van der Waals surface area contributed by atoms with Crippen LogP contribution in [0.2, 0.25) is 0 Å². The van der Waals surface area contributed by atoms with Gasteiger partial charge in [0.2, 0.25) is 0 Å². The molecule has 0 atom stereocenters. The minimum absolute atomic E-state index is 0.0564. The third-order valence-corrected chi connectivity index (χ3v) is 2.95. The van der Waals surface area contributed by atoms with E-state index in [0.717, 1.165) is 0 Å². The number of non-ortho nitro benzene ring substituents is 1. The summed E-state index contributed by atoms with van der Waals surface area (Å²) in [5.74, 6) is -0.717. The molecule has 0 aliphatic carbocycles. The summed E-state index contributed by atoms with van der Waals surface area (Å²) in [5, 5.41) is 24.2. The van der Waals surface area contributed by atoms with Crippen molar-refractivity contribution < 1.29 is 14.8 Å². The first-order valence-corrected chi connectivity index (χ1v) is 6.36. The number of nitro groups is 1. The maximum atomic E-state index is 11.9. The molecule has 22 heavy (non-hydrogen) atoms. The van der Waals surface area contributed by atoms with Gasteiger partial charge in [0.1, 0.15) is 5.75 Å². The van der Waals surface area contributed by atoms with Crippen molar-refractivity contribution in [2.45, 2.75) is 6.92 Å². The molecule has 0 spiro atoms. The molecule has 0 fully saturated rings. The van der Waals surface area contributed by atoms with Crippen molar-refractivity contribution in [1.29, 1.82) is 0 Å². The molecule has 0 saturated carbocycles. The predicted octanol–water partition coefficient (Wildman–Crippen LogP) is 2.45. The van der Waals surface area contributed by atoms with Gasteiger partial charge in [0.05, 0.1) is 16.2 Å². The second kappa shape index (κ2) is 6.49. The Morgan fingerprint density at radius 1 is 1.23 bits per heavy atom. The second-order valence-electron chi connectivity index (χ2n) is 4.46. The number of carbonyl (C=O) groups is 1. The number of hydrazone groups is 1. The number of aromatic hydroxyl groups is 1. The van der Waals surface area contributed by atoms with Crippen LogP contribution < -0.4 is 5.43 Å². The van der Waals surface area contributed by atoms with E-state index in [1.807, 2.05) is 0 Å². The minimum atomic E-state index is -0.567. The second-order valence-corrected chi connectivity index (χ2v) is 4.46. The van der Waals surface area contributed by atoms with Gasteiger partial charge >= 0.3 is 0 Å². The topological polar surface area (TPSA) is 105 Å². The Balaban J connectivity index is 2.16. The smallest absolute Gasteiger partial charge is 0.275 e. The number of nitrogens with one attached hydrogen (secondary N) is 1. The van der Waals surface area contributed by atoms with Crippen LogP contribution in [-0.2, 0) is 0 Å². The van der Waals surface area contributed by atoms with Gasteiger partial charge in [-0.2, -0.15) is 5.10 Å². The number of phenolic OH excluding ortho intramolecular Hbond substituents is 1. The highest BCUT2D eigenvalue weighted by atomic mass is 16.6. The summed E-state index contributed by atoms with van der Waals surface area (Å²) in [7, 11) is 0. The molecule has 0 bridgehead atoms. The molecule has 112 valence electrons. The van der Waals surface area contributed by atoms with Gasteiger partial charge in [-0.05, 0) is 19.1 Å². The van der Waals surface area contributed by atoms with Crippen LogP contribution in [-0.4, -0.2) is 21.6 Å². The van der Waals surface area contributed by atoms with Crippen molar-refractivity contribution in [1.82, 2.24) is 5.43 Å². The molecular formula is C15H13N3O4. The average Bonchev–Trinajstić information content (AvgIpc) is 2.52. The van der Waals surface area contributed by atoms with Crippen LogP contribution >= 0.6 is 0 Å². The van der Waals surface area contributed by atoms with Crippen LogP contribution in [0.25, 0.3) is 0 Å². The maximum absolute atomic E-state index is 11.9. The van der Waals surface area contributed by atoms with Crippen molar-refractivity contribution in [2.24, 2.45) is 5.10 Å². The van der Waals surface area contributed by atoms with Crippen LogP contribution in [0.3, 0.4) is 0 Å². The fraction of sp³-hybridized carbons (Fsp3) is 0.0667. The Labute approximate surface area is 126 Å². The van der Waals surface area contributed by atoms with Gasteiger partial charge in [-0.25, -0.2) is 5.43 Å². The summed E-state index contributed by atoms with van der Waals surface area (Å²) in [6, 6.07) is 12.0. The van der Waals surface area contributed by atoms with E-state index in [-0.39, 0.29) is 17.0 Å². The first-order valence-electron chi connectivity index (χ1n) is 6.36. The van der Waals surface area contributed by atoms with Crippen LogP contribution in [0.1, 0.15) is 22.8 Å². The highest BCUT2D eigenvalue weighted by Gasteiger charge is 2.10. The zero-order valence-electron chi connectivity index (χ0n) is 11.7. The van der Waals surface area contributed by atoms with Gasteiger partial charge in [0.25, 0.3) is 11.6 Å². The molecule has 7 heteroatoms. The average molecular weight is 299 g/mol. The fourth-order valence-corrected chi connectivity index (χ4v) is 1.77. The Bertz CT molecular complexity index is 756. The van der Waals surface area contributed by atoms with Gasteiger partial charge in [-0.1, -0.05) is 24.3 Å². The van der Waals surface area contributed by atoms with Crippen LogP contribution in [0, 0.1) is 10.1 Å². The first kappa shape index (κ1) is 15.2. The standard InChI is InChI=1S/C15H13N3O4/c1-10(11-5-4-6-12(9-11)18(21)22)16-17-15(20)13-7-2-3-8-14(13)19/h2-9,19H,1H3,(H,17,20). The van der Waals surface area contributed by atoms with Gasteiger partial charge < -0.3 is 5.11 Å². The monoisotopic (exact) mass is 299 g/mol. The van der Waals surface area contributed by atoms with Crippen LogP contribution in [0.4, 0.5) is 5.69 Å². The molecule has 2 N–H and O–H groups in total. The molecule has 1 amide bonds. The molecule has 0 aromatic heterocycles. The fourth-order valence-electron chi connectivity index (χ4n) is 1.77. The number of nitro benzene ring substituents is 1. The molecule has 7 nitrogen and oxygen atoms in total. The summed E-state index contributed by atoms with van der Waals surface area (Å²) in [6.45, 7) is 1.62. The Kier molecular flexibility index (Phi) is 4.47. The van der Waals surface area contributed by atoms with E-state index in [1.54, 1.807) is 25.1 Å². The van der Waals surface area contributed by atoms with Crippen molar-refractivity contribution in [3.05, 3.63) is 69.8 Å². The van der Waals surface area contributed by atoms with Crippen LogP contribution in [0.15, 0.2) is 53.6 Å². The van der Waals surface area contributed by atoms with E-state index >= 15 is 0 Å². The molecule has 0 aliphatic heterocycles. The van der Waals surface area contributed by atoms with E-state index < -0.39 is 10.8 Å². The Hall–Kier alpha value is -3.22. The van der Waals surface area contributed by atoms with E-state index in [1.165, 1.54) is 30.3 Å². The molecule has 2 aromatic rings. The highest BCUT2D eigenvalue weighted by molar-refractivity contribution is 6.01. The van der Waals surface area contributed by atoms with Crippen molar-refractivity contribution in [2.75, 3.05) is 0 Å². The highest BCUT2D eigenvalue weighted by Crippen LogP contribution is 2.16. The SMILES string of the molecule is CC(=NNC(=O)c1ccccc1O)c1cccc([N+](=O)[O-])c1. The third-order valence-electron chi connectivity index (χ3n) is 2.95. The van der Waals surface area contributed by atoms with Crippen molar-refractivity contribution >= 4 is 17.3 Å². The molecule has 0 radical (unpaired) electrons. The maximum Gasteiger partial charge on any atom is 0.275 e.